The van der Waals surface area contributed by atoms with E-state index >= 15 is 0 Å². The van der Waals surface area contributed by atoms with E-state index < -0.39 is 11.6 Å². The molecule has 1 atom stereocenters. The quantitative estimate of drug-likeness (QED) is 0.777. The lowest BCUT2D eigenvalue weighted by molar-refractivity contribution is -0.160. The van der Waals surface area contributed by atoms with Gasteiger partial charge >= 0.3 is 5.97 Å². The predicted octanol–water partition coefficient (Wildman–Crippen LogP) is 1.24. The number of hydrogen-bond acceptors (Lipinski definition) is 3. The highest BCUT2D eigenvalue weighted by atomic mass is 16.4. The van der Waals surface area contributed by atoms with Gasteiger partial charge in [-0.3, -0.25) is 0 Å². The summed E-state index contributed by atoms with van der Waals surface area (Å²) >= 11 is 0. The molecule has 0 aliphatic rings. The monoisotopic (exact) mass is 205 g/mol. The van der Waals surface area contributed by atoms with Crippen LogP contribution in [0.5, 0.6) is 0 Å². The molecular weight excluding hydrogens is 194 g/mol. The van der Waals surface area contributed by atoms with E-state index in [1.807, 2.05) is 6.07 Å². The van der Waals surface area contributed by atoms with Crippen LogP contribution in [0.15, 0.2) is 24.3 Å². The molecule has 0 saturated heterocycles. The van der Waals surface area contributed by atoms with Crippen molar-refractivity contribution >= 4 is 5.97 Å². The first-order valence-electron chi connectivity index (χ1n) is 4.51. The molecule has 0 aromatic heterocycles. The number of carboxylic acid groups (broad SMARTS) is 1. The maximum absolute atomic E-state index is 11.0. The Hall–Kier alpha value is -1.86. The number of aliphatic hydroxyl groups is 1. The SMILES string of the molecule is CCC(O)(C(=O)O)c1ccccc1C#N. The second-order valence-corrected chi connectivity index (χ2v) is 3.18. The summed E-state index contributed by atoms with van der Waals surface area (Å²) in [5.41, 5.74) is -1.65. The third kappa shape index (κ3) is 1.83. The summed E-state index contributed by atoms with van der Waals surface area (Å²) < 4.78 is 0. The highest BCUT2D eigenvalue weighted by molar-refractivity contribution is 5.80. The predicted molar refractivity (Wildman–Crippen MR) is 53.0 cm³/mol. The Kier molecular flexibility index (Phi) is 3.08. The fraction of sp³-hybridized carbons (Fsp3) is 0.273. The lowest BCUT2D eigenvalue weighted by Gasteiger charge is -2.22. The smallest absolute Gasteiger partial charge is 0.340 e. The Morgan fingerprint density at radius 2 is 2.13 bits per heavy atom. The maximum Gasteiger partial charge on any atom is 0.340 e. The largest absolute Gasteiger partial charge is 0.479 e. The molecule has 4 nitrogen and oxygen atoms in total. The van der Waals surface area contributed by atoms with Gasteiger partial charge in [0.1, 0.15) is 0 Å². The Bertz CT molecular complexity index is 422. The molecule has 0 radical (unpaired) electrons. The number of carbonyl (C=O) groups is 1. The molecule has 1 aromatic rings. The average Bonchev–Trinajstić information content (AvgIpc) is 2.27. The summed E-state index contributed by atoms with van der Waals surface area (Å²) in [5, 5.41) is 27.7. The van der Waals surface area contributed by atoms with Crippen LogP contribution in [0.25, 0.3) is 0 Å². The van der Waals surface area contributed by atoms with Gasteiger partial charge in [0.2, 0.25) is 0 Å². The fourth-order valence-electron chi connectivity index (χ4n) is 1.40. The maximum atomic E-state index is 11.0. The van der Waals surface area contributed by atoms with Gasteiger partial charge < -0.3 is 10.2 Å². The van der Waals surface area contributed by atoms with Gasteiger partial charge in [0, 0.05) is 5.56 Å². The molecular formula is C11H11NO3. The van der Waals surface area contributed by atoms with Gasteiger partial charge in [-0.1, -0.05) is 25.1 Å². The molecule has 1 rings (SSSR count). The van der Waals surface area contributed by atoms with Gasteiger partial charge in [0.15, 0.2) is 5.60 Å². The van der Waals surface area contributed by atoms with Crippen molar-refractivity contribution in [1.29, 1.82) is 5.26 Å². The van der Waals surface area contributed by atoms with Crippen LogP contribution in [0.4, 0.5) is 0 Å². The van der Waals surface area contributed by atoms with Crippen molar-refractivity contribution in [2.45, 2.75) is 18.9 Å². The summed E-state index contributed by atoms with van der Waals surface area (Å²) in [4.78, 5) is 11.0. The first-order chi connectivity index (χ1) is 7.06. The van der Waals surface area contributed by atoms with Crippen LogP contribution in [0.2, 0.25) is 0 Å². The molecule has 4 heteroatoms. The lowest BCUT2D eigenvalue weighted by Crippen LogP contribution is -2.35. The van der Waals surface area contributed by atoms with Crippen LogP contribution in [0.3, 0.4) is 0 Å². The number of aliphatic carboxylic acids is 1. The van der Waals surface area contributed by atoms with E-state index in [0.717, 1.165) is 0 Å². The first kappa shape index (κ1) is 11.2. The molecule has 0 bridgehead atoms. The van der Waals surface area contributed by atoms with Crippen LogP contribution in [-0.4, -0.2) is 16.2 Å². The average molecular weight is 205 g/mol. The summed E-state index contributed by atoms with van der Waals surface area (Å²) in [7, 11) is 0. The van der Waals surface area contributed by atoms with Crippen LogP contribution in [0.1, 0.15) is 24.5 Å². The van der Waals surface area contributed by atoms with Gasteiger partial charge in [-0.25, -0.2) is 4.79 Å². The number of hydrogen-bond donors (Lipinski definition) is 2. The molecule has 1 unspecified atom stereocenters. The Balaban J connectivity index is 3.37. The zero-order valence-electron chi connectivity index (χ0n) is 8.27. The van der Waals surface area contributed by atoms with Gasteiger partial charge in [-0.2, -0.15) is 5.26 Å². The number of rotatable bonds is 3. The third-order valence-electron chi connectivity index (χ3n) is 2.36. The van der Waals surface area contributed by atoms with E-state index in [1.165, 1.54) is 12.1 Å². The van der Waals surface area contributed by atoms with Crippen LogP contribution < -0.4 is 0 Å². The van der Waals surface area contributed by atoms with Gasteiger partial charge in [-0.05, 0) is 12.5 Å². The summed E-state index contributed by atoms with van der Waals surface area (Å²) in [6.45, 7) is 1.56. The molecule has 2 N–H and O–H groups in total. The van der Waals surface area contributed by atoms with Crippen molar-refractivity contribution in [3.8, 4) is 6.07 Å². The van der Waals surface area contributed by atoms with E-state index in [4.69, 9.17) is 10.4 Å². The highest BCUT2D eigenvalue weighted by Gasteiger charge is 2.37. The van der Waals surface area contributed by atoms with Crippen molar-refractivity contribution in [3.63, 3.8) is 0 Å². The Morgan fingerprint density at radius 1 is 1.53 bits per heavy atom. The van der Waals surface area contributed by atoms with E-state index in [1.54, 1.807) is 19.1 Å². The molecule has 0 aliphatic heterocycles. The first-order valence-corrected chi connectivity index (χ1v) is 4.51. The van der Waals surface area contributed by atoms with Gasteiger partial charge in [0.05, 0.1) is 11.6 Å². The summed E-state index contributed by atoms with van der Waals surface area (Å²) in [6, 6.07) is 8.03. The molecule has 78 valence electrons. The van der Waals surface area contributed by atoms with Crippen molar-refractivity contribution in [2.75, 3.05) is 0 Å². The van der Waals surface area contributed by atoms with E-state index in [0.29, 0.717) is 0 Å². The standard InChI is InChI=1S/C11H11NO3/c1-2-11(15,10(13)14)9-6-4-3-5-8(9)7-12/h3-6,15H,2H2,1H3,(H,13,14). The van der Waals surface area contributed by atoms with E-state index in [9.17, 15) is 9.90 Å². The van der Waals surface area contributed by atoms with Gasteiger partial charge in [0.25, 0.3) is 0 Å². The Labute approximate surface area is 87.4 Å². The Morgan fingerprint density at radius 3 is 2.60 bits per heavy atom. The highest BCUT2D eigenvalue weighted by Crippen LogP contribution is 2.27. The normalized spacial score (nSPS) is 13.9. The van der Waals surface area contributed by atoms with Crippen LogP contribution >= 0.6 is 0 Å². The molecule has 0 saturated carbocycles. The third-order valence-corrected chi connectivity index (χ3v) is 2.36. The molecule has 0 fully saturated rings. The van der Waals surface area contributed by atoms with Crippen LogP contribution in [-0.2, 0) is 10.4 Å². The molecule has 0 spiro atoms. The minimum atomic E-state index is -1.98. The van der Waals surface area contributed by atoms with Crippen molar-refractivity contribution in [3.05, 3.63) is 35.4 Å². The van der Waals surface area contributed by atoms with Crippen molar-refractivity contribution < 1.29 is 15.0 Å². The van der Waals surface area contributed by atoms with Crippen molar-refractivity contribution in [1.82, 2.24) is 0 Å². The molecule has 15 heavy (non-hydrogen) atoms. The van der Waals surface area contributed by atoms with Gasteiger partial charge in [-0.15, -0.1) is 0 Å². The fourth-order valence-corrected chi connectivity index (χ4v) is 1.40. The minimum Gasteiger partial charge on any atom is -0.479 e. The van der Waals surface area contributed by atoms with E-state index in [-0.39, 0.29) is 17.5 Å². The number of nitriles is 1. The second kappa shape index (κ2) is 4.11. The number of nitrogens with zero attached hydrogens (tertiary/aromatic N) is 1. The number of benzene rings is 1. The zero-order valence-corrected chi connectivity index (χ0v) is 8.27. The molecule has 0 heterocycles. The minimum absolute atomic E-state index is 0.0149. The lowest BCUT2D eigenvalue weighted by atomic mass is 9.88. The second-order valence-electron chi connectivity index (χ2n) is 3.18. The van der Waals surface area contributed by atoms with Crippen molar-refractivity contribution in [2.24, 2.45) is 0 Å². The topological polar surface area (TPSA) is 81.3 Å². The summed E-state index contributed by atoms with van der Waals surface area (Å²) in [5.74, 6) is -1.34. The molecule has 0 aliphatic carbocycles. The molecule has 0 amide bonds. The zero-order chi connectivity index (χ0) is 11.5. The molecule has 1 aromatic carbocycles. The van der Waals surface area contributed by atoms with Crippen LogP contribution in [0, 0.1) is 11.3 Å². The number of carboxylic acids is 1. The van der Waals surface area contributed by atoms with E-state index in [2.05, 4.69) is 0 Å². The summed E-state index contributed by atoms with van der Waals surface area (Å²) in [6.07, 6.45) is 0.0149.